The molecule has 2 N–H and O–H groups in total. The van der Waals surface area contributed by atoms with Crippen LogP contribution in [-0.2, 0) is 6.54 Å². The number of amides is 1. The largest absolute Gasteiger partial charge is 0.478 e. The van der Waals surface area contributed by atoms with Crippen molar-refractivity contribution < 1.29 is 14.7 Å². The maximum Gasteiger partial charge on any atom is 0.335 e. The molecule has 28 heavy (non-hydrogen) atoms. The van der Waals surface area contributed by atoms with Crippen LogP contribution in [0.4, 0.5) is 0 Å². The molecule has 1 saturated heterocycles. The number of halogens is 1. The molecule has 1 aliphatic heterocycles. The van der Waals surface area contributed by atoms with Crippen LogP contribution in [0.5, 0.6) is 0 Å². The summed E-state index contributed by atoms with van der Waals surface area (Å²) in [4.78, 5) is 31.2. The Morgan fingerprint density at radius 3 is 2.57 bits per heavy atom. The quantitative estimate of drug-likeness (QED) is 0.706. The first-order valence-corrected chi connectivity index (χ1v) is 9.49. The number of carbonyl (C=O) groups excluding carboxylic acids is 1. The van der Waals surface area contributed by atoms with Crippen molar-refractivity contribution in [3.05, 3.63) is 70.4 Å². The molecule has 1 aromatic heterocycles. The zero-order valence-corrected chi connectivity index (χ0v) is 15.9. The molecule has 0 atom stereocenters. The molecule has 2 heterocycles. The Kier molecular flexibility index (Phi) is 5.07. The molecule has 1 amide bonds. The van der Waals surface area contributed by atoms with E-state index in [9.17, 15) is 9.59 Å². The standard InChI is InChI=1S/C21H20ClN3O3/c22-17-4-5-18-16(11-17)12-19(23-18)20(26)25-8-6-24(7-9-25)13-14-2-1-3-15(10-14)21(27)28/h1-5,10-12,23H,6-9,13H2,(H,27,28). The number of fused-ring (bicyclic) bond motifs is 1. The number of carboxylic acids is 1. The summed E-state index contributed by atoms with van der Waals surface area (Å²) < 4.78 is 0. The van der Waals surface area contributed by atoms with Crippen LogP contribution in [0, 0.1) is 0 Å². The summed E-state index contributed by atoms with van der Waals surface area (Å²) in [6.07, 6.45) is 0. The monoisotopic (exact) mass is 397 g/mol. The van der Waals surface area contributed by atoms with Crippen LogP contribution < -0.4 is 0 Å². The van der Waals surface area contributed by atoms with E-state index in [0.717, 1.165) is 29.6 Å². The van der Waals surface area contributed by atoms with Crippen LogP contribution >= 0.6 is 11.6 Å². The fourth-order valence-corrected chi connectivity index (χ4v) is 3.74. The number of aromatic amines is 1. The summed E-state index contributed by atoms with van der Waals surface area (Å²) in [6.45, 7) is 3.43. The molecule has 0 saturated carbocycles. The van der Waals surface area contributed by atoms with Gasteiger partial charge in [0.2, 0.25) is 0 Å². The molecule has 7 heteroatoms. The van der Waals surface area contributed by atoms with Crippen molar-refractivity contribution in [3.63, 3.8) is 0 Å². The number of nitrogens with one attached hydrogen (secondary N) is 1. The highest BCUT2D eigenvalue weighted by Gasteiger charge is 2.23. The molecule has 3 aromatic rings. The van der Waals surface area contributed by atoms with E-state index in [1.807, 2.05) is 29.2 Å². The number of aromatic carboxylic acids is 1. The number of carboxylic acid groups (broad SMARTS) is 1. The fourth-order valence-electron chi connectivity index (χ4n) is 3.56. The topological polar surface area (TPSA) is 76.6 Å². The van der Waals surface area contributed by atoms with Gasteiger partial charge in [0.05, 0.1) is 5.56 Å². The van der Waals surface area contributed by atoms with Gasteiger partial charge in [-0.05, 0) is 42.0 Å². The molecule has 4 rings (SSSR count). The van der Waals surface area contributed by atoms with Crippen molar-refractivity contribution in [2.24, 2.45) is 0 Å². The van der Waals surface area contributed by atoms with E-state index in [0.29, 0.717) is 35.9 Å². The molecule has 2 aromatic carbocycles. The Bertz CT molecular complexity index is 1040. The zero-order chi connectivity index (χ0) is 19.7. The number of benzene rings is 2. The second kappa shape index (κ2) is 7.66. The second-order valence-corrected chi connectivity index (χ2v) is 7.42. The minimum absolute atomic E-state index is 0.0140. The van der Waals surface area contributed by atoms with Gasteiger partial charge in [-0.25, -0.2) is 4.79 Å². The maximum absolute atomic E-state index is 12.8. The summed E-state index contributed by atoms with van der Waals surface area (Å²) in [5, 5.41) is 10.7. The number of rotatable bonds is 4. The summed E-state index contributed by atoms with van der Waals surface area (Å²) in [5.74, 6) is -0.934. The lowest BCUT2D eigenvalue weighted by molar-refractivity contribution is 0.0621. The first-order chi connectivity index (χ1) is 13.5. The molecule has 1 fully saturated rings. The van der Waals surface area contributed by atoms with Gasteiger partial charge in [-0.1, -0.05) is 23.7 Å². The minimum atomic E-state index is -0.920. The summed E-state index contributed by atoms with van der Waals surface area (Å²) >= 11 is 6.02. The van der Waals surface area contributed by atoms with Gasteiger partial charge in [-0.2, -0.15) is 0 Å². The van der Waals surface area contributed by atoms with E-state index in [4.69, 9.17) is 16.7 Å². The highest BCUT2D eigenvalue weighted by Crippen LogP contribution is 2.21. The maximum atomic E-state index is 12.8. The highest BCUT2D eigenvalue weighted by molar-refractivity contribution is 6.31. The van der Waals surface area contributed by atoms with Gasteiger partial charge in [0.25, 0.3) is 5.91 Å². The molecule has 0 spiro atoms. The molecule has 0 unspecified atom stereocenters. The average molecular weight is 398 g/mol. The highest BCUT2D eigenvalue weighted by atomic mass is 35.5. The molecular formula is C21H20ClN3O3. The fraction of sp³-hybridized carbons (Fsp3) is 0.238. The predicted molar refractivity (Wildman–Crippen MR) is 108 cm³/mol. The number of hydrogen-bond acceptors (Lipinski definition) is 3. The van der Waals surface area contributed by atoms with Gasteiger partial charge < -0.3 is 15.0 Å². The summed E-state index contributed by atoms with van der Waals surface area (Å²) in [5.41, 5.74) is 2.72. The summed E-state index contributed by atoms with van der Waals surface area (Å²) in [6, 6.07) is 14.3. The smallest absolute Gasteiger partial charge is 0.335 e. The van der Waals surface area contributed by atoms with Crippen LogP contribution in [0.15, 0.2) is 48.5 Å². The van der Waals surface area contributed by atoms with Gasteiger partial charge in [-0.3, -0.25) is 9.69 Å². The molecular weight excluding hydrogens is 378 g/mol. The van der Waals surface area contributed by atoms with Crippen LogP contribution in [0.3, 0.4) is 0 Å². The molecule has 0 bridgehead atoms. The van der Waals surface area contributed by atoms with Crippen molar-refractivity contribution in [3.8, 4) is 0 Å². The normalized spacial score (nSPS) is 15.1. The first-order valence-electron chi connectivity index (χ1n) is 9.12. The van der Waals surface area contributed by atoms with Gasteiger partial charge in [-0.15, -0.1) is 0 Å². The third kappa shape index (κ3) is 3.88. The Morgan fingerprint density at radius 1 is 1.04 bits per heavy atom. The zero-order valence-electron chi connectivity index (χ0n) is 15.2. The second-order valence-electron chi connectivity index (χ2n) is 6.99. The number of hydrogen-bond donors (Lipinski definition) is 2. The molecule has 6 nitrogen and oxygen atoms in total. The number of piperazine rings is 1. The third-order valence-corrected chi connectivity index (χ3v) is 5.29. The average Bonchev–Trinajstić information content (AvgIpc) is 3.11. The first kappa shape index (κ1) is 18.5. The van der Waals surface area contributed by atoms with E-state index in [1.54, 1.807) is 24.3 Å². The Morgan fingerprint density at radius 2 is 1.82 bits per heavy atom. The Balaban J connectivity index is 1.38. The van der Waals surface area contributed by atoms with E-state index in [2.05, 4.69) is 9.88 Å². The molecule has 144 valence electrons. The Labute approximate surface area is 167 Å². The van der Waals surface area contributed by atoms with Crippen LogP contribution in [0.25, 0.3) is 10.9 Å². The van der Waals surface area contributed by atoms with Crippen molar-refractivity contribution >= 4 is 34.4 Å². The van der Waals surface area contributed by atoms with E-state index in [-0.39, 0.29) is 5.91 Å². The number of H-pyrrole nitrogens is 1. The van der Waals surface area contributed by atoms with Crippen LogP contribution in [0.1, 0.15) is 26.4 Å². The number of aromatic nitrogens is 1. The lowest BCUT2D eigenvalue weighted by Crippen LogP contribution is -2.48. The number of nitrogens with zero attached hydrogens (tertiary/aromatic N) is 2. The van der Waals surface area contributed by atoms with Crippen LogP contribution in [-0.4, -0.2) is 57.9 Å². The van der Waals surface area contributed by atoms with Crippen molar-refractivity contribution in [1.29, 1.82) is 0 Å². The number of carbonyl (C=O) groups is 2. The third-order valence-electron chi connectivity index (χ3n) is 5.05. The minimum Gasteiger partial charge on any atom is -0.478 e. The van der Waals surface area contributed by atoms with E-state index < -0.39 is 5.97 Å². The molecule has 1 aliphatic rings. The molecule has 0 radical (unpaired) electrons. The Hall–Kier alpha value is -2.83. The SMILES string of the molecule is O=C(O)c1cccc(CN2CCN(C(=O)c3cc4cc(Cl)ccc4[nH]3)CC2)c1. The van der Waals surface area contributed by atoms with Gasteiger partial charge in [0, 0.05) is 48.6 Å². The van der Waals surface area contributed by atoms with Gasteiger partial charge >= 0.3 is 5.97 Å². The lowest BCUT2D eigenvalue weighted by Gasteiger charge is -2.34. The van der Waals surface area contributed by atoms with Gasteiger partial charge in [0.1, 0.15) is 5.69 Å². The predicted octanol–water partition coefficient (Wildman–Crippen LogP) is 3.48. The molecule has 0 aliphatic carbocycles. The van der Waals surface area contributed by atoms with Crippen LogP contribution in [0.2, 0.25) is 5.02 Å². The van der Waals surface area contributed by atoms with Crippen molar-refractivity contribution in [1.82, 2.24) is 14.8 Å². The van der Waals surface area contributed by atoms with Gasteiger partial charge in [0.15, 0.2) is 0 Å². The van der Waals surface area contributed by atoms with Crippen molar-refractivity contribution in [2.75, 3.05) is 26.2 Å². The van der Waals surface area contributed by atoms with Crippen molar-refractivity contribution in [2.45, 2.75) is 6.54 Å². The lowest BCUT2D eigenvalue weighted by atomic mass is 10.1. The van der Waals surface area contributed by atoms with E-state index >= 15 is 0 Å². The van der Waals surface area contributed by atoms with E-state index in [1.165, 1.54) is 0 Å². The summed E-state index contributed by atoms with van der Waals surface area (Å²) in [7, 11) is 0.